The summed E-state index contributed by atoms with van der Waals surface area (Å²) in [6.07, 6.45) is 1.52. The average Bonchev–Trinajstić information content (AvgIpc) is 2.94. The topological polar surface area (TPSA) is 78.0 Å². The summed E-state index contributed by atoms with van der Waals surface area (Å²) in [7, 11) is 0. The van der Waals surface area contributed by atoms with Gasteiger partial charge >= 0.3 is 0 Å². The number of nitrogens with one attached hydrogen (secondary N) is 2. The molecule has 2 rings (SSSR count). The molecular formula is C14H17N3O2. The standard InChI is InChI=1S/C14H17N3O2/c1-10(9-18)7-15-14(19)12-8-16-17-13(12)11-5-3-2-4-6-11/h2-6,8,10,18H,7,9H2,1H3,(H,15,19)(H,16,17). The molecule has 0 aliphatic heterocycles. The molecule has 0 bridgehead atoms. The molecule has 5 nitrogen and oxygen atoms in total. The lowest BCUT2D eigenvalue weighted by Gasteiger charge is -2.09. The maximum atomic E-state index is 12.1. The van der Waals surface area contributed by atoms with Gasteiger partial charge in [-0.2, -0.15) is 5.10 Å². The fourth-order valence-electron chi connectivity index (χ4n) is 1.71. The molecule has 1 heterocycles. The molecule has 19 heavy (non-hydrogen) atoms. The number of aromatic nitrogens is 2. The van der Waals surface area contributed by atoms with Gasteiger partial charge in [0.25, 0.3) is 5.91 Å². The number of rotatable bonds is 5. The van der Waals surface area contributed by atoms with Crippen molar-refractivity contribution in [1.82, 2.24) is 15.5 Å². The number of hydrogen-bond acceptors (Lipinski definition) is 3. The predicted octanol–water partition coefficient (Wildman–Crippen LogP) is 1.43. The van der Waals surface area contributed by atoms with Gasteiger partial charge in [0.1, 0.15) is 0 Å². The first kappa shape index (κ1) is 13.3. The van der Waals surface area contributed by atoms with Gasteiger partial charge in [-0.1, -0.05) is 37.3 Å². The Morgan fingerprint density at radius 2 is 2.16 bits per heavy atom. The first-order valence-electron chi connectivity index (χ1n) is 6.20. The fourth-order valence-corrected chi connectivity index (χ4v) is 1.71. The van der Waals surface area contributed by atoms with Crippen molar-refractivity contribution in [3.8, 4) is 11.3 Å². The minimum Gasteiger partial charge on any atom is -0.396 e. The number of H-pyrrole nitrogens is 1. The summed E-state index contributed by atoms with van der Waals surface area (Å²) in [5, 5.41) is 18.5. The van der Waals surface area contributed by atoms with Crippen molar-refractivity contribution in [3.63, 3.8) is 0 Å². The van der Waals surface area contributed by atoms with Crippen LogP contribution in [-0.4, -0.2) is 34.4 Å². The van der Waals surface area contributed by atoms with Crippen LogP contribution in [0.1, 0.15) is 17.3 Å². The Hall–Kier alpha value is -2.14. The van der Waals surface area contributed by atoms with E-state index in [0.717, 1.165) is 5.56 Å². The van der Waals surface area contributed by atoms with E-state index < -0.39 is 0 Å². The molecular weight excluding hydrogens is 242 g/mol. The predicted molar refractivity (Wildman–Crippen MR) is 72.6 cm³/mol. The lowest BCUT2D eigenvalue weighted by molar-refractivity contribution is 0.0943. The van der Waals surface area contributed by atoms with E-state index in [1.54, 1.807) is 0 Å². The first-order chi connectivity index (χ1) is 9.22. The van der Waals surface area contributed by atoms with E-state index in [2.05, 4.69) is 15.5 Å². The fraction of sp³-hybridized carbons (Fsp3) is 0.286. The van der Waals surface area contributed by atoms with Crippen molar-refractivity contribution >= 4 is 5.91 Å². The molecule has 2 aromatic rings. The third-order valence-electron chi connectivity index (χ3n) is 2.87. The molecule has 1 atom stereocenters. The Morgan fingerprint density at radius 3 is 2.84 bits per heavy atom. The zero-order chi connectivity index (χ0) is 13.7. The number of aliphatic hydroxyl groups excluding tert-OH is 1. The molecule has 0 spiro atoms. The second-order valence-electron chi connectivity index (χ2n) is 4.52. The molecule has 5 heteroatoms. The summed E-state index contributed by atoms with van der Waals surface area (Å²) >= 11 is 0. The molecule has 1 aromatic heterocycles. The van der Waals surface area contributed by atoms with E-state index in [4.69, 9.17) is 5.11 Å². The van der Waals surface area contributed by atoms with Gasteiger partial charge in [0.05, 0.1) is 17.5 Å². The quantitative estimate of drug-likeness (QED) is 0.760. The smallest absolute Gasteiger partial charge is 0.255 e. The number of hydrogen-bond donors (Lipinski definition) is 3. The van der Waals surface area contributed by atoms with Crippen LogP contribution in [-0.2, 0) is 0 Å². The maximum absolute atomic E-state index is 12.1. The summed E-state index contributed by atoms with van der Waals surface area (Å²) in [4.78, 5) is 12.1. The van der Waals surface area contributed by atoms with Gasteiger partial charge in [-0.15, -0.1) is 0 Å². The minimum atomic E-state index is -0.187. The Labute approximate surface area is 111 Å². The van der Waals surface area contributed by atoms with Crippen LogP contribution in [0.15, 0.2) is 36.5 Å². The Morgan fingerprint density at radius 1 is 1.42 bits per heavy atom. The van der Waals surface area contributed by atoms with Crippen LogP contribution in [0, 0.1) is 5.92 Å². The average molecular weight is 259 g/mol. The Balaban J connectivity index is 2.14. The molecule has 1 aromatic carbocycles. The van der Waals surface area contributed by atoms with Crippen LogP contribution in [0.2, 0.25) is 0 Å². The van der Waals surface area contributed by atoms with Gasteiger partial charge in [-0.05, 0) is 5.92 Å². The zero-order valence-corrected chi connectivity index (χ0v) is 10.8. The van der Waals surface area contributed by atoms with Crippen molar-refractivity contribution in [2.24, 2.45) is 5.92 Å². The van der Waals surface area contributed by atoms with E-state index in [-0.39, 0.29) is 18.4 Å². The van der Waals surface area contributed by atoms with Crippen LogP contribution >= 0.6 is 0 Å². The number of carbonyl (C=O) groups excluding carboxylic acids is 1. The normalized spacial score (nSPS) is 12.1. The molecule has 0 aliphatic carbocycles. The summed E-state index contributed by atoms with van der Waals surface area (Å²) in [6, 6.07) is 9.57. The monoisotopic (exact) mass is 259 g/mol. The number of amides is 1. The van der Waals surface area contributed by atoms with Crippen molar-refractivity contribution in [2.75, 3.05) is 13.2 Å². The summed E-state index contributed by atoms with van der Waals surface area (Å²) < 4.78 is 0. The molecule has 1 amide bonds. The molecule has 0 saturated heterocycles. The van der Waals surface area contributed by atoms with Crippen LogP contribution in [0.3, 0.4) is 0 Å². The van der Waals surface area contributed by atoms with Gasteiger partial charge in [0.2, 0.25) is 0 Å². The molecule has 100 valence electrons. The summed E-state index contributed by atoms with van der Waals surface area (Å²) in [6.45, 7) is 2.36. The van der Waals surface area contributed by atoms with Gasteiger partial charge in [-0.3, -0.25) is 9.89 Å². The SMILES string of the molecule is CC(CO)CNC(=O)c1cn[nH]c1-c1ccccc1. The van der Waals surface area contributed by atoms with Crippen LogP contribution in [0.4, 0.5) is 0 Å². The minimum absolute atomic E-state index is 0.0380. The van der Waals surface area contributed by atoms with Crippen molar-refractivity contribution in [3.05, 3.63) is 42.1 Å². The largest absolute Gasteiger partial charge is 0.396 e. The highest BCUT2D eigenvalue weighted by Gasteiger charge is 2.15. The highest BCUT2D eigenvalue weighted by molar-refractivity contribution is 5.99. The summed E-state index contributed by atoms with van der Waals surface area (Å²) in [5.41, 5.74) is 2.13. The second kappa shape index (κ2) is 6.15. The molecule has 1 unspecified atom stereocenters. The van der Waals surface area contributed by atoms with Crippen LogP contribution in [0.5, 0.6) is 0 Å². The molecule has 3 N–H and O–H groups in total. The van der Waals surface area contributed by atoms with Crippen LogP contribution < -0.4 is 5.32 Å². The van der Waals surface area contributed by atoms with Crippen molar-refractivity contribution in [2.45, 2.75) is 6.92 Å². The highest BCUT2D eigenvalue weighted by atomic mass is 16.3. The number of aromatic amines is 1. The maximum Gasteiger partial charge on any atom is 0.255 e. The zero-order valence-electron chi connectivity index (χ0n) is 10.8. The van der Waals surface area contributed by atoms with E-state index in [1.165, 1.54) is 6.20 Å². The van der Waals surface area contributed by atoms with Crippen molar-refractivity contribution < 1.29 is 9.90 Å². The van der Waals surface area contributed by atoms with Gasteiger partial charge in [0, 0.05) is 18.7 Å². The van der Waals surface area contributed by atoms with E-state index in [1.807, 2.05) is 37.3 Å². The number of aliphatic hydroxyl groups is 1. The van der Waals surface area contributed by atoms with E-state index in [0.29, 0.717) is 17.8 Å². The third-order valence-corrected chi connectivity index (χ3v) is 2.87. The molecule has 0 radical (unpaired) electrons. The number of carbonyl (C=O) groups is 1. The third kappa shape index (κ3) is 3.20. The Bertz CT molecular complexity index is 537. The Kier molecular flexibility index (Phi) is 4.30. The molecule has 0 fully saturated rings. The van der Waals surface area contributed by atoms with Gasteiger partial charge < -0.3 is 10.4 Å². The van der Waals surface area contributed by atoms with E-state index in [9.17, 15) is 4.79 Å². The second-order valence-corrected chi connectivity index (χ2v) is 4.52. The lowest BCUT2D eigenvalue weighted by Crippen LogP contribution is -2.29. The van der Waals surface area contributed by atoms with Crippen LogP contribution in [0.25, 0.3) is 11.3 Å². The van der Waals surface area contributed by atoms with Crippen molar-refractivity contribution in [1.29, 1.82) is 0 Å². The van der Waals surface area contributed by atoms with Gasteiger partial charge in [0.15, 0.2) is 0 Å². The van der Waals surface area contributed by atoms with E-state index >= 15 is 0 Å². The summed E-state index contributed by atoms with van der Waals surface area (Å²) in [5.74, 6) is -0.149. The van der Waals surface area contributed by atoms with Gasteiger partial charge in [-0.25, -0.2) is 0 Å². The first-order valence-corrected chi connectivity index (χ1v) is 6.20. The number of benzene rings is 1. The highest BCUT2D eigenvalue weighted by Crippen LogP contribution is 2.20. The number of nitrogens with zero attached hydrogens (tertiary/aromatic N) is 1. The lowest BCUT2D eigenvalue weighted by atomic mass is 10.1. The molecule has 0 aliphatic rings. The molecule has 0 saturated carbocycles.